The van der Waals surface area contributed by atoms with Crippen molar-refractivity contribution in [2.75, 3.05) is 18.0 Å². The molecule has 2 heterocycles. The van der Waals surface area contributed by atoms with E-state index in [-0.39, 0.29) is 10.8 Å². The minimum Gasteiger partial charge on any atom is -0.340 e. The third kappa shape index (κ3) is 6.95. The second-order valence-electron chi connectivity index (χ2n) is 14.2. The maximum atomic E-state index is 2.52. The fraction of sp³-hybridized carbons (Fsp3) is 0.283. The summed E-state index contributed by atoms with van der Waals surface area (Å²) in [4.78, 5) is 2.52. The number of benzene rings is 4. The molecule has 0 amide bonds. The van der Waals surface area contributed by atoms with Crippen molar-refractivity contribution in [3.63, 3.8) is 0 Å². The average Bonchev–Trinajstić information content (AvgIpc) is 3.44. The summed E-state index contributed by atoms with van der Waals surface area (Å²) >= 11 is 0. The van der Waals surface area contributed by atoms with Gasteiger partial charge in [0.2, 0.25) is 5.69 Å². The molecule has 0 unspecified atom stereocenters. The maximum absolute atomic E-state index is 2.52. The highest BCUT2D eigenvalue weighted by Gasteiger charge is 2.44. The van der Waals surface area contributed by atoms with Crippen LogP contribution >= 0.6 is 0 Å². The zero-order valence-electron chi connectivity index (χ0n) is 29.5. The van der Waals surface area contributed by atoms with Crippen LogP contribution in [0.1, 0.15) is 81.7 Å². The van der Waals surface area contributed by atoms with Crippen molar-refractivity contribution in [1.29, 1.82) is 0 Å². The first kappa shape index (κ1) is 33.2. The average molecular weight is 632 g/mol. The molecule has 0 radical (unpaired) electrons. The van der Waals surface area contributed by atoms with Crippen LogP contribution in [0.5, 0.6) is 0 Å². The van der Waals surface area contributed by atoms with E-state index in [9.17, 15) is 0 Å². The lowest BCUT2D eigenvalue weighted by atomic mass is 9.81. The molecule has 0 saturated heterocycles. The molecule has 0 fully saturated rings. The van der Waals surface area contributed by atoms with Gasteiger partial charge in [-0.3, -0.25) is 0 Å². The van der Waals surface area contributed by atoms with Crippen molar-refractivity contribution in [3.8, 4) is 0 Å². The lowest BCUT2D eigenvalue weighted by molar-refractivity contribution is -0.425. The molecule has 244 valence electrons. The number of para-hydroxylation sites is 1. The number of nitrogens with zero attached hydrogens (tertiary/aromatic N) is 2. The van der Waals surface area contributed by atoms with Gasteiger partial charge in [0.1, 0.15) is 0 Å². The molecule has 0 spiro atoms. The smallest absolute Gasteiger partial charge is 0.210 e. The Balaban J connectivity index is 1.35. The van der Waals surface area contributed by atoms with Crippen LogP contribution in [0, 0.1) is 0 Å². The van der Waals surface area contributed by atoms with Crippen LogP contribution in [0.25, 0.3) is 12.2 Å². The molecular weight excluding hydrogens is 581 g/mol. The van der Waals surface area contributed by atoms with Crippen molar-refractivity contribution in [1.82, 2.24) is 0 Å². The minimum atomic E-state index is -0.113. The van der Waals surface area contributed by atoms with Gasteiger partial charge in [-0.15, -0.1) is 0 Å². The molecule has 4 aromatic carbocycles. The summed E-state index contributed by atoms with van der Waals surface area (Å²) in [6.45, 7) is 13.4. The molecule has 0 saturated carbocycles. The molecule has 2 nitrogen and oxygen atoms in total. The second kappa shape index (κ2) is 14.6. The predicted molar refractivity (Wildman–Crippen MR) is 207 cm³/mol. The van der Waals surface area contributed by atoms with Crippen LogP contribution in [-0.2, 0) is 17.3 Å². The maximum Gasteiger partial charge on any atom is 0.210 e. The Kier molecular flexibility index (Phi) is 10.1. The second-order valence-corrected chi connectivity index (χ2v) is 14.2. The number of fused-ring (bicyclic) bond motifs is 2. The monoisotopic (exact) mass is 631 g/mol. The quantitative estimate of drug-likeness (QED) is 0.111. The zero-order chi connectivity index (χ0) is 33.6. The number of anilines is 1. The standard InChI is InChI=1S/C46H51N2/c1-6-7-10-24-38-31-32-42-40(35-38)46(4,5)44(48(42)34-19-26-37-22-13-9-14-23-37)30-17-29-43-45(2,3)39-27-15-16-28-41(39)47(43)33-18-25-36-20-11-8-12-21-36/h8-9,11-23,25-32,35H,6-7,10,24,33-34H2,1-5H3/q+1. The fourth-order valence-corrected chi connectivity index (χ4v) is 7.44. The Morgan fingerprint density at radius 2 is 1.33 bits per heavy atom. The van der Waals surface area contributed by atoms with Crippen LogP contribution in [0.2, 0.25) is 0 Å². The Morgan fingerprint density at radius 1 is 0.667 bits per heavy atom. The van der Waals surface area contributed by atoms with Crippen molar-refractivity contribution in [3.05, 3.63) is 167 Å². The summed E-state index contributed by atoms with van der Waals surface area (Å²) in [6, 6.07) is 37.3. The summed E-state index contributed by atoms with van der Waals surface area (Å²) in [6.07, 6.45) is 21.0. The summed E-state index contributed by atoms with van der Waals surface area (Å²) < 4.78 is 2.49. The number of hydrogen-bond acceptors (Lipinski definition) is 1. The number of aryl methyl sites for hydroxylation is 1. The Morgan fingerprint density at radius 3 is 2.04 bits per heavy atom. The Labute approximate surface area is 289 Å². The number of hydrogen-bond donors (Lipinski definition) is 0. The molecule has 4 aromatic rings. The van der Waals surface area contributed by atoms with E-state index < -0.39 is 0 Å². The van der Waals surface area contributed by atoms with Crippen LogP contribution < -0.4 is 4.90 Å². The van der Waals surface area contributed by atoms with Crippen molar-refractivity contribution in [2.45, 2.75) is 71.1 Å². The molecular formula is C46H51N2+. The molecule has 2 aliphatic rings. The van der Waals surface area contributed by atoms with Gasteiger partial charge in [-0.25, -0.2) is 0 Å². The van der Waals surface area contributed by atoms with E-state index in [0.717, 1.165) is 19.5 Å². The topological polar surface area (TPSA) is 6.25 Å². The van der Waals surface area contributed by atoms with Crippen molar-refractivity contribution < 1.29 is 4.58 Å². The molecule has 0 atom stereocenters. The third-order valence-electron chi connectivity index (χ3n) is 10.1. The van der Waals surface area contributed by atoms with Gasteiger partial charge in [0.15, 0.2) is 12.3 Å². The van der Waals surface area contributed by atoms with Gasteiger partial charge in [0.05, 0.1) is 5.41 Å². The Hall–Kier alpha value is -4.69. The van der Waals surface area contributed by atoms with Crippen LogP contribution in [0.3, 0.4) is 0 Å². The van der Waals surface area contributed by atoms with Gasteiger partial charge < -0.3 is 4.90 Å². The lowest BCUT2D eigenvalue weighted by Crippen LogP contribution is -2.28. The zero-order valence-corrected chi connectivity index (χ0v) is 29.5. The normalized spacial score (nSPS) is 17.4. The van der Waals surface area contributed by atoms with Gasteiger partial charge in [-0.05, 0) is 67.2 Å². The first-order valence-electron chi connectivity index (χ1n) is 17.8. The molecule has 6 rings (SSSR count). The highest BCUT2D eigenvalue weighted by molar-refractivity contribution is 6.03. The van der Waals surface area contributed by atoms with Crippen molar-refractivity contribution in [2.24, 2.45) is 0 Å². The lowest BCUT2D eigenvalue weighted by Gasteiger charge is -2.26. The minimum absolute atomic E-state index is 0.105. The van der Waals surface area contributed by atoms with E-state index in [1.807, 2.05) is 0 Å². The van der Waals surface area contributed by atoms with Gasteiger partial charge in [-0.1, -0.05) is 149 Å². The van der Waals surface area contributed by atoms with Gasteiger partial charge in [0, 0.05) is 41.1 Å². The van der Waals surface area contributed by atoms with Gasteiger partial charge >= 0.3 is 0 Å². The summed E-state index contributed by atoms with van der Waals surface area (Å²) in [5.74, 6) is 0. The highest BCUT2D eigenvalue weighted by Crippen LogP contribution is 2.48. The summed E-state index contributed by atoms with van der Waals surface area (Å²) in [5.41, 5.74) is 11.8. The van der Waals surface area contributed by atoms with Crippen LogP contribution in [0.15, 0.2) is 139 Å². The largest absolute Gasteiger partial charge is 0.340 e. The first-order chi connectivity index (χ1) is 23.3. The summed E-state index contributed by atoms with van der Waals surface area (Å²) in [5, 5.41) is 0. The third-order valence-corrected chi connectivity index (χ3v) is 10.1. The molecule has 2 aliphatic heterocycles. The number of unbranched alkanes of at least 4 members (excludes halogenated alkanes) is 2. The van der Waals surface area contributed by atoms with E-state index in [1.165, 1.54) is 69.9 Å². The van der Waals surface area contributed by atoms with E-state index in [0.29, 0.717) is 0 Å². The van der Waals surface area contributed by atoms with E-state index in [2.05, 4.69) is 190 Å². The number of rotatable bonds is 12. The summed E-state index contributed by atoms with van der Waals surface area (Å²) in [7, 11) is 0. The molecule has 0 aliphatic carbocycles. The SMILES string of the molecule is CCCCCc1ccc2c(c1)C(C)(C)C(=CC=CC1=[N+](CC=Cc3ccccc3)c3ccccc3C1(C)C)N2CC=Cc1ccccc1. The van der Waals surface area contributed by atoms with Crippen LogP contribution in [0.4, 0.5) is 11.4 Å². The Bertz CT molecular complexity index is 1870. The van der Waals surface area contributed by atoms with Gasteiger partial charge in [-0.2, -0.15) is 4.58 Å². The molecule has 0 bridgehead atoms. The van der Waals surface area contributed by atoms with Crippen LogP contribution in [-0.4, -0.2) is 23.4 Å². The molecule has 2 heteroatoms. The number of allylic oxidation sites excluding steroid dienone is 4. The van der Waals surface area contributed by atoms with E-state index in [1.54, 1.807) is 0 Å². The highest BCUT2D eigenvalue weighted by atomic mass is 15.2. The fourth-order valence-electron chi connectivity index (χ4n) is 7.44. The molecule has 0 aromatic heterocycles. The van der Waals surface area contributed by atoms with Crippen molar-refractivity contribution >= 4 is 29.2 Å². The van der Waals surface area contributed by atoms with E-state index >= 15 is 0 Å². The molecule has 48 heavy (non-hydrogen) atoms. The van der Waals surface area contributed by atoms with Gasteiger partial charge in [0.25, 0.3) is 0 Å². The predicted octanol–water partition coefficient (Wildman–Crippen LogP) is 11.5. The van der Waals surface area contributed by atoms with E-state index in [4.69, 9.17) is 0 Å². The molecule has 0 N–H and O–H groups in total. The first-order valence-corrected chi connectivity index (χ1v) is 17.8.